The summed E-state index contributed by atoms with van der Waals surface area (Å²) in [6.07, 6.45) is -1.71. The number of halogens is 2. The summed E-state index contributed by atoms with van der Waals surface area (Å²) in [5.41, 5.74) is -0.675. The maximum absolute atomic E-state index is 12.2. The SMILES string of the molecule is Cc1nn(CC(=O)Nc2cc(OCC(F)F)cc([N+](=O)[O-])c2)cc1[N+](=O)[O-]. The third-order valence-electron chi connectivity index (χ3n) is 3.18. The van der Waals surface area contributed by atoms with Gasteiger partial charge in [-0.05, 0) is 6.92 Å². The molecular weight excluding hydrogens is 372 g/mol. The topological polar surface area (TPSA) is 142 Å². The van der Waals surface area contributed by atoms with E-state index in [9.17, 15) is 33.8 Å². The lowest BCUT2D eigenvalue weighted by atomic mass is 10.2. The van der Waals surface area contributed by atoms with Gasteiger partial charge in [0, 0.05) is 12.1 Å². The fourth-order valence-corrected chi connectivity index (χ4v) is 2.12. The maximum Gasteiger partial charge on any atom is 0.309 e. The molecule has 1 N–H and O–H groups in total. The summed E-state index contributed by atoms with van der Waals surface area (Å²) in [4.78, 5) is 32.4. The first-order chi connectivity index (χ1) is 12.7. The van der Waals surface area contributed by atoms with Gasteiger partial charge in [0.1, 0.15) is 30.8 Å². The zero-order valence-electron chi connectivity index (χ0n) is 13.8. The number of nitro benzene ring substituents is 1. The minimum absolute atomic E-state index is 0.0585. The van der Waals surface area contributed by atoms with Gasteiger partial charge in [-0.15, -0.1) is 0 Å². The van der Waals surface area contributed by atoms with Crippen LogP contribution in [-0.2, 0) is 11.3 Å². The summed E-state index contributed by atoms with van der Waals surface area (Å²) in [6.45, 7) is 0.0368. The van der Waals surface area contributed by atoms with Crippen LogP contribution in [0.15, 0.2) is 24.4 Å². The van der Waals surface area contributed by atoms with Crippen molar-refractivity contribution in [3.05, 3.63) is 50.3 Å². The van der Waals surface area contributed by atoms with Crippen molar-refractivity contribution in [2.45, 2.75) is 19.9 Å². The number of aryl methyl sites for hydroxylation is 1. The molecule has 0 atom stereocenters. The van der Waals surface area contributed by atoms with Crippen LogP contribution in [0.3, 0.4) is 0 Å². The number of rotatable bonds is 8. The highest BCUT2D eigenvalue weighted by molar-refractivity contribution is 5.91. The third kappa shape index (κ3) is 5.42. The minimum Gasteiger partial charge on any atom is -0.487 e. The number of hydrogen-bond donors (Lipinski definition) is 1. The van der Waals surface area contributed by atoms with E-state index in [1.165, 1.54) is 6.92 Å². The number of ether oxygens (including phenoxy) is 1. The summed E-state index contributed by atoms with van der Waals surface area (Å²) < 4.78 is 30.3. The molecule has 13 heteroatoms. The number of carbonyl (C=O) groups is 1. The van der Waals surface area contributed by atoms with Gasteiger partial charge in [0.15, 0.2) is 0 Å². The number of nitrogens with one attached hydrogen (secondary N) is 1. The summed E-state index contributed by atoms with van der Waals surface area (Å²) >= 11 is 0. The van der Waals surface area contributed by atoms with Crippen LogP contribution >= 0.6 is 0 Å². The molecule has 0 fully saturated rings. The summed E-state index contributed by atoms with van der Waals surface area (Å²) in [5.74, 6) is -0.905. The Morgan fingerprint density at radius 2 is 2.00 bits per heavy atom. The number of hydrogen-bond acceptors (Lipinski definition) is 7. The van der Waals surface area contributed by atoms with Gasteiger partial charge in [-0.25, -0.2) is 8.78 Å². The van der Waals surface area contributed by atoms with Crippen LogP contribution in [0.4, 0.5) is 25.8 Å². The van der Waals surface area contributed by atoms with E-state index in [0.29, 0.717) is 0 Å². The van der Waals surface area contributed by atoms with Crippen molar-refractivity contribution in [2.75, 3.05) is 11.9 Å². The standard InChI is InChI=1S/C14H13F2N5O6/c1-8-12(21(25)26)5-19(18-8)6-14(22)17-9-2-10(20(23)24)4-11(3-9)27-7-13(15)16/h2-5,13H,6-7H2,1H3,(H,17,22). The van der Waals surface area contributed by atoms with Crippen LogP contribution in [-0.4, -0.2) is 38.6 Å². The number of nitro groups is 2. The molecule has 2 aromatic rings. The van der Waals surface area contributed by atoms with Gasteiger partial charge in [-0.2, -0.15) is 5.10 Å². The summed E-state index contributed by atoms with van der Waals surface area (Å²) in [7, 11) is 0. The molecule has 0 saturated carbocycles. The number of amides is 1. The van der Waals surface area contributed by atoms with Crippen molar-refractivity contribution in [3.8, 4) is 5.75 Å². The van der Waals surface area contributed by atoms with E-state index in [1.54, 1.807) is 0 Å². The van der Waals surface area contributed by atoms with Crippen LogP contribution in [0.5, 0.6) is 5.75 Å². The Morgan fingerprint density at radius 1 is 1.30 bits per heavy atom. The Balaban J connectivity index is 2.14. The molecule has 0 aliphatic rings. The number of anilines is 1. The first kappa shape index (κ1) is 19.7. The molecule has 0 bridgehead atoms. The van der Waals surface area contributed by atoms with Crippen LogP contribution in [0.1, 0.15) is 5.69 Å². The van der Waals surface area contributed by atoms with E-state index in [4.69, 9.17) is 4.74 Å². The van der Waals surface area contributed by atoms with Gasteiger partial charge in [0.2, 0.25) is 5.91 Å². The van der Waals surface area contributed by atoms with Gasteiger partial charge in [-0.1, -0.05) is 0 Å². The average molecular weight is 385 g/mol. The monoisotopic (exact) mass is 385 g/mol. The van der Waals surface area contributed by atoms with Crippen LogP contribution in [0, 0.1) is 27.2 Å². The van der Waals surface area contributed by atoms with Crippen molar-refractivity contribution in [1.29, 1.82) is 0 Å². The first-order valence-corrected chi connectivity index (χ1v) is 7.34. The predicted molar refractivity (Wildman–Crippen MR) is 86.8 cm³/mol. The fourth-order valence-electron chi connectivity index (χ4n) is 2.12. The average Bonchev–Trinajstić information content (AvgIpc) is 2.93. The van der Waals surface area contributed by atoms with E-state index in [0.717, 1.165) is 29.1 Å². The van der Waals surface area contributed by atoms with E-state index >= 15 is 0 Å². The highest BCUT2D eigenvalue weighted by Crippen LogP contribution is 2.26. The summed E-state index contributed by atoms with van der Waals surface area (Å²) in [5, 5.41) is 27.9. The lowest BCUT2D eigenvalue weighted by Crippen LogP contribution is -2.19. The molecule has 11 nitrogen and oxygen atoms in total. The number of nitrogens with zero attached hydrogens (tertiary/aromatic N) is 4. The molecule has 144 valence electrons. The smallest absolute Gasteiger partial charge is 0.309 e. The molecule has 0 aliphatic carbocycles. The van der Waals surface area contributed by atoms with Gasteiger partial charge in [0.05, 0.1) is 21.6 Å². The molecule has 0 radical (unpaired) electrons. The molecular formula is C14H13F2N5O6. The molecule has 1 heterocycles. The molecule has 0 aliphatic heterocycles. The van der Waals surface area contributed by atoms with E-state index < -0.39 is 41.0 Å². The van der Waals surface area contributed by atoms with Gasteiger partial charge in [0.25, 0.3) is 12.1 Å². The van der Waals surface area contributed by atoms with Crippen molar-refractivity contribution < 1.29 is 28.2 Å². The molecule has 2 rings (SSSR count). The molecule has 0 unspecified atom stereocenters. The lowest BCUT2D eigenvalue weighted by Gasteiger charge is -2.09. The predicted octanol–water partition coefficient (Wildman–Crippen LogP) is 2.29. The van der Waals surface area contributed by atoms with Crippen molar-refractivity contribution in [3.63, 3.8) is 0 Å². The normalized spacial score (nSPS) is 10.7. The molecule has 1 amide bonds. The molecule has 1 aromatic heterocycles. The Labute approximate surface area is 149 Å². The van der Waals surface area contributed by atoms with Gasteiger partial charge < -0.3 is 10.1 Å². The van der Waals surface area contributed by atoms with E-state index in [-0.39, 0.29) is 22.8 Å². The zero-order valence-corrected chi connectivity index (χ0v) is 13.8. The second-order valence-electron chi connectivity index (χ2n) is 5.28. The zero-order chi connectivity index (χ0) is 20.1. The quantitative estimate of drug-likeness (QED) is 0.542. The fraction of sp³-hybridized carbons (Fsp3) is 0.286. The van der Waals surface area contributed by atoms with E-state index in [2.05, 4.69) is 10.4 Å². The highest BCUT2D eigenvalue weighted by Gasteiger charge is 2.18. The lowest BCUT2D eigenvalue weighted by molar-refractivity contribution is -0.385. The minimum atomic E-state index is -2.78. The van der Waals surface area contributed by atoms with Crippen molar-refractivity contribution in [2.24, 2.45) is 0 Å². The van der Waals surface area contributed by atoms with Gasteiger partial charge >= 0.3 is 5.69 Å². The largest absolute Gasteiger partial charge is 0.487 e. The van der Waals surface area contributed by atoms with E-state index in [1.807, 2.05) is 0 Å². The third-order valence-corrected chi connectivity index (χ3v) is 3.18. The molecule has 27 heavy (non-hydrogen) atoms. The second kappa shape index (κ2) is 8.16. The molecule has 0 saturated heterocycles. The number of non-ortho nitro benzene ring substituents is 1. The Bertz CT molecular complexity index is 885. The van der Waals surface area contributed by atoms with Crippen molar-refractivity contribution >= 4 is 23.0 Å². The van der Waals surface area contributed by atoms with Crippen LogP contribution in [0.25, 0.3) is 0 Å². The molecule has 1 aromatic carbocycles. The highest BCUT2D eigenvalue weighted by atomic mass is 19.3. The van der Waals surface area contributed by atoms with Crippen LogP contribution < -0.4 is 10.1 Å². The first-order valence-electron chi connectivity index (χ1n) is 7.34. The number of aromatic nitrogens is 2. The Kier molecular flexibility index (Phi) is 5.95. The van der Waals surface area contributed by atoms with Crippen molar-refractivity contribution in [1.82, 2.24) is 9.78 Å². The van der Waals surface area contributed by atoms with Crippen LogP contribution in [0.2, 0.25) is 0 Å². The van der Waals surface area contributed by atoms with Gasteiger partial charge in [-0.3, -0.25) is 29.7 Å². The Hall–Kier alpha value is -3.64. The number of carbonyl (C=O) groups excluding carboxylic acids is 1. The molecule has 0 spiro atoms. The second-order valence-corrected chi connectivity index (χ2v) is 5.28. The number of alkyl halides is 2. The maximum atomic E-state index is 12.2. The Morgan fingerprint density at radius 3 is 2.56 bits per heavy atom. The summed E-state index contributed by atoms with van der Waals surface area (Å²) in [6, 6.07) is 3.10. The number of benzene rings is 1.